The standard InChI is InChI=1S/C22H26N4O2/c27-22(24-15-20-7-4-14-28-20)19-8-11-25(12-9-19)17-21-23-10-13-26(21)16-18-5-2-1-3-6-18/h1-7,10,13-14,19H,8-9,11-12,15-17H2,(H,24,27). The van der Waals surface area contributed by atoms with Gasteiger partial charge in [-0.2, -0.15) is 0 Å². The number of aromatic nitrogens is 2. The molecule has 1 saturated heterocycles. The predicted molar refractivity (Wildman–Crippen MR) is 106 cm³/mol. The maximum Gasteiger partial charge on any atom is 0.223 e. The van der Waals surface area contributed by atoms with Gasteiger partial charge in [0.15, 0.2) is 0 Å². The molecule has 4 rings (SSSR count). The normalized spacial score (nSPS) is 15.6. The predicted octanol–water partition coefficient (Wildman–Crippen LogP) is 3.05. The van der Waals surface area contributed by atoms with Crippen LogP contribution in [0.4, 0.5) is 0 Å². The molecule has 3 heterocycles. The number of imidazole rings is 1. The maximum atomic E-state index is 12.4. The molecule has 1 N–H and O–H groups in total. The molecule has 0 radical (unpaired) electrons. The number of hydrogen-bond acceptors (Lipinski definition) is 4. The van der Waals surface area contributed by atoms with E-state index in [1.807, 2.05) is 30.6 Å². The Balaban J connectivity index is 1.26. The molecule has 1 aromatic carbocycles. The topological polar surface area (TPSA) is 63.3 Å². The van der Waals surface area contributed by atoms with Gasteiger partial charge < -0.3 is 14.3 Å². The van der Waals surface area contributed by atoms with E-state index in [1.54, 1.807) is 6.26 Å². The zero-order valence-electron chi connectivity index (χ0n) is 16.0. The van der Waals surface area contributed by atoms with Crippen molar-refractivity contribution in [2.45, 2.75) is 32.5 Å². The van der Waals surface area contributed by atoms with Crippen LogP contribution in [0.1, 0.15) is 30.0 Å². The zero-order chi connectivity index (χ0) is 19.2. The number of piperidine rings is 1. The SMILES string of the molecule is O=C(NCc1ccco1)C1CCN(Cc2nccn2Cc2ccccc2)CC1. The molecule has 0 aliphatic carbocycles. The number of hydrogen-bond donors (Lipinski definition) is 1. The van der Waals surface area contributed by atoms with Gasteiger partial charge in [-0.3, -0.25) is 9.69 Å². The lowest BCUT2D eigenvalue weighted by molar-refractivity contribution is -0.126. The van der Waals surface area contributed by atoms with E-state index in [4.69, 9.17) is 4.42 Å². The van der Waals surface area contributed by atoms with Crippen molar-refractivity contribution in [3.05, 3.63) is 78.3 Å². The lowest BCUT2D eigenvalue weighted by Crippen LogP contribution is -2.40. The Kier molecular flexibility index (Phi) is 5.87. The van der Waals surface area contributed by atoms with Gasteiger partial charge in [-0.1, -0.05) is 30.3 Å². The van der Waals surface area contributed by atoms with Crippen molar-refractivity contribution in [2.75, 3.05) is 13.1 Å². The molecule has 6 nitrogen and oxygen atoms in total. The summed E-state index contributed by atoms with van der Waals surface area (Å²) in [5, 5.41) is 2.98. The Bertz CT molecular complexity index is 865. The zero-order valence-corrected chi connectivity index (χ0v) is 16.0. The van der Waals surface area contributed by atoms with E-state index in [0.29, 0.717) is 6.54 Å². The number of nitrogens with zero attached hydrogens (tertiary/aromatic N) is 3. The Morgan fingerprint density at radius 1 is 1.11 bits per heavy atom. The second kappa shape index (κ2) is 8.89. The summed E-state index contributed by atoms with van der Waals surface area (Å²) in [5.74, 6) is 2.07. The van der Waals surface area contributed by atoms with Crippen molar-refractivity contribution in [3.63, 3.8) is 0 Å². The molecule has 0 bridgehead atoms. The van der Waals surface area contributed by atoms with E-state index in [0.717, 1.165) is 50.6 Å². The van der Waals surface area contributed by atoms with E-state index in [1.165, 1.54) is 5.56 Å². The maximum absolute atomic E-state index is 12.4. The van der Waals surface area contributed by atoms with Crippen molar-refractivity contribution in [1.29, 1.82) is 0 Å². The highest BCUT2D eigenvalue weighted by molar-refractivity contribution is 5.78. The Morgan fingerprint density at radius 2 is 1.93 bits per heavy atom. The first kappa shape index (κ1) is 18.5. The average Bonchev–Trinajstić information content (AvgIpc) is 3.40. The van der Waals surface area contributed by atoms with E-state index in [-0.39, 0.29) is 11.8 Å². The van der Waals surface area contributed by atoms with Crippen LogP contribution < -0.4 is 5.32 Å². The molecule has 1 aliphatic rings. The van der Waals surface area contributed by atoms with Gasteiger partial charge in [-0.25, -0.2) is 4.98 Å². The molecular formula is C22H26N4O2. The van der Waals surface area contributed by atoms with Crippen LogP contribution in [0.25, 0.3) is 0 Å². The van der Waals surface area contributed by atoms with E-state index < -0.39 is 0 Å². The van der Waals surface area contributed by atoms with Gasteiger partial charge in [0.2, 0.25) is 5.91 Å². The molecule has 1 fully saturated rings. The number of carbonyl (C=O) groups is 1. The summed E-state index contributed by atoms with van der Waals surface area (Å²) in [4.78, 5) is 19.3. The number of amides is 1. The molecule has 28 heavy (non-hydrogen) atoms. The molecule has 0 atom stereocenters. The third-order valence-corrected chi connectivity index (χ3v) is 5.34. The van der Waals surface area contributed by atoms with Gasteiger partial charge in [0.25, 0.3) is 0 Å². The van der Waals surface area contributed by atoms with Crippen LogP contribution in [0.15, 0.2) is 65.5 Å². The summed E-state index contributed by atoms with van der Waals surface area (Å²) in [6.45, 7) is 3.94. The minimum absolute atomic E-state index is 0.0790. The number of nitrogens with one attached hydrogen (secondary N) is 1. The lowest BCUT2D eigenvalue weighted by Gasteiger charge is -2.31. The molecular weight excluding hydrogens is 352 g/mol. The summed E-state index contributed by atoms with van der Waals surface area (Å²) in [6, 6.07) is 14.1. The van der Waals surface area contributed by atoms with Crippen molar-refractivity contribution in [1.82, 2.24) is 19.8 Å². The molecule has 6 heteroatoms. The smallest absolute Gasteiger partial charge is 0.223 e. The second-order valence-electron chi connectivity index (χ2n) is 7.30. The van der Waals surface area contributed by atoms with Gasteiger partial charge in [-0.05, 0) is 43.6 Å². The first-order chi connectivity index (χ1) is 13.8. The highest BCUT2D eigenvalue weighted by atomic mass is 16.3. The van der Waals surface area contributed by atoms with Crippen molar-refractivity contribution in [2.24, 2.45) is 5.92 Å². The number of carbonyl (C=O) groups excluding carboxylic acids is 1. The van der Waals surface area contributed by atoms with Gasteiger partial charge in [0, 0.05) is 24.9 Å². The van der Waals surface area contributed by atoms with Crippen LogP contribution in [0.3, 0.4) is 0 Å². The molecule has 2 aromatic heterocycles. The monoisotopic (exact) mass is 378 g/mol. The fraction of sp³-hybridized carbons (Fsp3) is 0.364. The fourth-order valence-corrected chi connectivity index (χ4v) is 3.70. The molecule has 1 amide bonds. The lowest BCUT2D eigenvalue weighted by atomic mass is 9.96. The number of rotatable bonds is 7. The van der Waals surface area contributed by atoms with Crippen molar-refractivity contribution >= 4 is 5.91 Å². The third-order valence-electron chi connectivity index (χ3n) is 5.34. The molecule has 1 aliphatic heterocycles. The van der Waals surface area contributed by atoms with Crippen molar-refractivity contribution in [3.8, 4) is 0 Å². The summed E-state index contributed by atoms with van der Waals surface area (Å²) < 4.78 is 7.47. The summed E-state index contributed by atoms with van der Waals surface area (Å²) in [7, 11) is 0. The quantitative estimate of drug-likeness (QED) is 0.686. The van der Waals surface area contributed by atoms with Crippen molar-refractivity contribution < 1.29 is 9.21 Å². The molecule has 0 unspecified atom stereocenters. The van der Waals surface area contributed by atoms with E-state index in [9.17, 15) is 4.79 Å². The van der Waals surface area contributed by atoms with Crippen LogP contribution in [-0.2, 0) is 24.4 Å². The van der Waals surface area contributed by atoms with Gasteiger partial charge in [0.05, 0.1) is 19.4 Å². The highest BCUT2D eigenvalue weighted by Gasteiger charge is 2.25. The Hall–Kier alpha value is -2.86. The molecule has 0 spiro atoms. The first-order valence-corrected chi connectivity index (χ1v) is 9.84. The second-order valence-corrected chi connectivity index (χ2v) is 7.30. The number of likely N-dealkylation sites (tertiary alicyclic amines) is 1. The van der Waals surface area contributed by atoms with Crippen LogP contribution in [0.2, 0.25) is 0 Å². The minimum Gasteiger partial charge on any atom is -0.467 e. The van der Waals surface area contributed by atoms with Crippen LogP contribution in [0.5, 0.6) is 0 Å². The third kappa shape index (κ3) is 4.70. The molecule has 0 saturated carbocycles. The Labute approximate surface area is 165 Å². The van der Waals surface area contributed by atoms with Gasteiger partial charge in [0.1, 0.15) is 11.6 Å². The minimum atomic E-state index is 0.0790. The molecule has 146 valence electrons. The van der Waals surface area contributed by atoms with Crippen LogP contribution >= 0.6 is 0 Å². The summed E-state index contributed by atoms with van der Waals surface area (Å²) >= 11 is 0. The highest BCUT2D eigenvalue weighted by Crippen LogP contribution is 2.19. The van der Waals surface area contributed by atoms with E-state index in [2.05, 4.69) is 44.0 Å². The van der Waals surface area contributed by atoms with Gasteiger partial charge in [-0.15, -0.1) is 0 Å². The summed E-state index contributed by atoms with van der Waals surface area (Å²) in [5.41, 5.74) is 1.27. The van der Waals surface area contributed by atoms with E-state index >= 15 is 0 Å². The largest absolute Gasteiger partial charge is 0.467 e. The first-order valence-electron chi connectivity index (χ1n) is 9.84. The number of benzene rings is 1. The fourth-order valence-electron chi connectivity index (χ4n) is 3.70. The molecule has 3 aromatic rings. The summed E-state index contributed by atoms with van der Waals surface area (Å²) in [6.07, 6.45) is 7.29. The average molecular weight is 378 g/mol. The van der Waals surface area contributed by atoms with Gasteiger partial charge >= 0.3 is 0 Å². The van der Waals surface area contributed by atoms with Crippen LogP contribution in [-0.4, -0.2) is 33.4 Å². The number of furan rings is 1. The van der Waals surface area contributed by atoms with Crippen LogP contribution in [0, 0.1) is 5.92 Å². The Morgan fingerprint density at radius 3 is 2.68 bits per heavy atom.